The third kappa shape index (κ3) is 4.02. The fourth-order valence-electron chi connectivity index (χ4n) is 2.98. The van der Waals surface area contributed by atoms with Gasteiger partial charge < -0.3 is 5.11 Å². The predicted molar refractivity (Wildman–Crippen MR) is 75.5 cm³/mol. The van der Waals surface area contributed by atoms with Gasteiger partial charge in [0.25, 0.3) is 0 Å². The molecule has 106 valence electrons. The van der Waals surface area contributed by atoms with Crippen molar-refractivity contribution < 1.29 is 9.50 Å². The van der Waals surface area contributed by atoms with Gasteiger partial charge >= 0.3 is 0 Å². The number of hydrogen-bond donors (Lipinski definition) is 1. The lowest BCUT2D eigenvalue weighted by Crippen LogP contribution is -2.35. The van der Waals surface area contributed by atoms with E-state index in [9.17, 15) is 9.50 Å². The van der Waals surface area contributed by atoms with Crippen LogP contribution in [0.5, 0.6) is 0 Å². The van der Waals surface area contributed by atoms with Crippen LogP contribution in [0.3, 0.4) is 0 Å². The molecule has 1 aliphatic heterocycles. The summed E-state index contributed by atoms with van der Waals surface area (Å²) in [7, 11) is 0. The Hall–Kier alpha value is -0.930. The standard InChI is InChI=1S/C16H24FNO/c1-13-11-15(17)7-6-14(13)12-18-9-4-2-3-5-16(18)8-10-19/h6-7,11,16,19H,2-5,8-10,12H2,1H3. The Morgan fingerprint density at radius 2 is 2.16 bits per heavy atom. The first-order valence-electron chi connectivity index (χ1n) is 7.30. The van der Waals surface area contributed by atoms with Crippen molar-refractivity contribution in [3.63, 3.8) is 0 Å². The second-order valence-electron chi connectivity index (χ2n) is 5.56. The molecule has 1 fully saturated rings. The first-order valence-corrected chi connectivity index (χ1v) is 7.30. The first kappa shape index (κ1) is 14.5. The average Bonchev–Trinajstić information content (AvgIpc) is 2.59. The molecule has 1 aromatic carbocycles. The maximum Gasteiger partial charge on any atom is 0.123 e. The normalized spacial score (nSPS) is 21.3. The highest BCUT2D eigenvalue weighted by Gasteiger charge is 2.21. The molecule has 0 radical (unpaired) electrons. The fourth-order valence-corrected chi connectivity index (χ4v) is 2.98. The van der Waals surface area contributed by atoms with Gasteiger partial charge in [-0.15, -0.1) is 0 Å². The number of aliphatic hydroxyl groups is 1. The lowest BCUT2D eigenvalue weighted by atomic mass is 10.0. The fraction of sp³-hybridized carbons (Fsp3) is 0.625. The summed E-state index contributed by atoms with van der Waals surface area (Å²) >= 11 is 0. The van der Waals surface area contributed by atoms with E-state index in [0.29, 0.717) is 6.04 Å². The molecule has 19 heavy (non-hydrogen) atoms. The van der Waals surface area contributed by atoms with Gasteiger partial charge in [0.1, 0.15) is 5.82 Å². The SMILES string of the molecule is Cc1cc(F)ccc1CN1CCCCCC1CCO. The predicted octanol–water partition coefficient (Wildman–Crippen LogP) is 3.26. The summed E-state index contributed by atoms with van der Waals surface area (Å²) in [4.78, 5) is 2.46. The Morgan fingerprint density at radius 3 is 2.89 bits per heavy atom. The molecule has 2 nitrogen and oxygen atoms in total. The van der Waals surface area contributed by atoms with Crippen molar-refractivity contribution in [3.05, 3.63) is 35.1 Å². The van der Waals surface area contributed by atoms with Gasteiger partial charge in [-0.3, -0.25) is 4.90 Å². The number of nitrogens with zero attached hydrogens (tertiary/aromatic N) is 1. The molecule has 1 saturated heterocycles. The van der Waals surface area contributed by atoms with E-state index in [1.54, 1.807) is 12.1 Å². The van der Waals surface area contributed by atoms with Crippen LogP contribution in [0.4, 0.5) is 4.39 Å². The van der Waals surface area contributed by atoms with E-state index in [1.165, 1.54) is 31.2 Å². The highest BCUT2D eigenvalue weighted by molar-refractivity contribution is 5.26. The van der Waals surface area contributed by atoms with E-state index >= 15 is 0 Å². The number of benzene rings is 1. The maximum absolute atomic E-state index is 13.1. The summed E-state index contributed by atoms with van der Waals surface area (Å²) in [5, 5.41) is 9.21. The molecule has 3 heteroatoms. The summed E-state index contributed by atoms with van der Waals surface area (Å²) < 4.78 is 13.1. The summed E-state index contributed by atoms with van der Waals surface area (Å²) in [5.41, 5.74) is 2.22. The Bertz CT molecular complexity index is 408. The second-order valence-corrected chi connectivity index (χ2v) is 5.56. The quantitative estimate of drug-likeness (QED) is 0.903. The minimum Gasteiger partial charge on any atom is -0.396 e. The van der Waals surface area contributed by atoms with Crippen molar-refractivity contribution in [2.75, 3.05) is 13.2 Å². The summed E-state index contributed by atoms with van der Waals surface area (Å²) in [6.07, 6.45) is 5.77. The number of hydrogen-bond acceptors (Lipinski definition) is 2. The number of aliphatic hydroxyl groups excluding tert-OH is 1. The van der Waals surface area contributed by atoms with E-state index in [2.05, 4.69) is 4.90 Å². The Balaban J connectivity index is 2.09. The van der Waals surface area contributed by atoms with Crippen LogP contribution in [0, 0.1) is 12.7 Å². The third-order valence-corrected chi connectivity index (χ3v) is 4.14. The third-order valence-electron chi connectivity index (χ3n) is 4.14. The lowest BCUT2D eigenvalue weighted by molar-refractivity contribution is 0.151. The Kier molecular flexibility index (Phi) is 5.34. The Morgan fingerprint density at radius 1 is 1.32 bits per heavy atom. The van der Waals surface area contributed by atoms with Gasteiger partial charge in [0.15, 0.2) is 0 Å². The molecule has 1 aliphatic rings. The van der Waals surface area contributed by atoms with Crippen LogP contribution in [0.2, 0.25) is 0 Å². The summed E-state index contributed by atoms with van der Waals surface area (Å²) in [6.45, 7) is 4.18. The van der Waals surface area contributed by atoms with Crippen molar-refractivity contribution in [2.24, 2.45) is 0 Å². The summed E-state index contributed by atoms with van der Waals surface area (Å²) in [6, 6.07) is 5.51. The number of halogens is 1. The van der Waals surface area contributed by atoms with Crippen molar-refractivity contribution in [3.8, 4) is 0 Å². The molecule has 1 aromatic rings. The van der Waals surface area contributed by atoms with Crippen LogP contribution >= 0.6 is 0 Å². The highest BCUT2D eigenvalue weighted by Crippen LogP contribution is 2.22. The molecule has 0 aliphatic carbocycles. The van der Waals surface area contributed by atoms with Gasteiger partial charge in [0.2, 0.25) is 0 Å². The summed E-state index contributed by atoms with van der Waals surface area (Å²) in [5.74, 6) is -0.163. The maximum atomic E-state index is 13.1. The highest BCUT2D eigenvalue weighted by atomic mass is 19.1. The van der Waals surface area contributed by atoms with Crippen molar-refractivity contribution >= 4 is 0 Å². The van der Waals surface area contributed by atoms with Gasteiger partial charge in [0.05, 0.1) is 0 Å². The second kappa shape index (κ2) is 7.01. The minimum absolute atomic E-state index is 0.163. The van der Waals surface area contributed by atoms with Crippen molar-refractivity contribution in [1.29, 1.82) is 0 Å². The molecule has 1 heterocycles. The molecule has 1 N–H and O–H groups in total. The Labute approximate surface area is 115 Å². The minimum atomic E-state index is -0.163. The van der Waals surface area contributed by atoms with Gasteiger partial charge in [0, 0.05) is 19.2 Å². The zero-order valence-corrected chi connectivity index (χ0v) is 11.7. The number of aryl methyl sites for hydroxylation is 1. The molecule has 1 atom stereocenters. The first-order chi connectivity index (χ1) is 9.20. The van der Waals surface area contributed by atoms with Gasteiger partial charge in [-0.25, -0.2) is 4.39 Å². The molecular formula is C16H24FNO. The zero-order valence-electron chi connectivity index (χ0n) is 11.7. The van der Waals surface area contributed by atoms with E-state index < -0.39 is 0 Å². The van der Waals surface area contributed by atoms with Crippen LogP contribution in [0.25, 0.3) is 0 Å². The molecule has 0 saturated carbocycles. The van der Waals surface area contributed by atoms with E-state index in [4.69, 9.17) is 0 Å². The van der Waals surface area contributed by atoms with Gasteiger partial charge in [-0.1, -0.05) is 18.9 Å². The van der Waals surface area contributed by atoms with E-state index in [0.717, 1.165) is 25.1 Å². The largest absolute Gasteiger partial charge is 0.396 e. The topological polar surface area (TPSA) is 23.5 Å². The molecule has 0 bridgehead atoms. The number of likely N-dealkylation sites (tertiary alicyclic amines) is 1. The monoisotopic (exact) mass is 265 g/mol. The molecule has 0 spiro atoms. The molecule has 0 aromatic heterocycles. The van der Waals surface area contributed by atoms with Gasteiger partial charge in [-0.2, -0.15) is 0 Å². The zero-order chi connectivity index (χ0) is 13.7. The van der Waals surface area contributed by atoms with Crippen molar-refractivity contribution in [2.45, 2.75) is 51.6 Å². The van der Waals surface area contributed by atoms with E-state index in [-0.39, 0.29) is 12.4 Å². The van der Waals surface area contributed by atoms with E-state index in [1.807, 2.05) is 13.0 Å². The van der Waals surface area contributed by atoms with Crippen LogP contribution in [-0.4, -0.2) is 29.2 Å². The van der Waals surface area contributed by atoms with Crippen LogP contribution in [-0.2, 0) is 6.54 Å². The smallest absolute Gasteiger partial charge is 0.123 e. The number of rotatable bonds is 4. The molecule has 0 amide bonds. The average molecular weight is 265 g/mol. The lowest BCUT2D eigenvalue weighted by Gasteiger charge is -2.30. The molecule has 1 unspecified atom stereocenters. The van der Waals surface area contributed by atoms with Crippen LogP contribution < -0.4 is 0 Å². The van der Waals surface area contributed by atoms with Crippen LogP contribution in [0.1, 0.15) is 43.2 Å². The van der Waals surface area contributed by atoms with Crippen molar-refractivity contribution in [1.82, 2.24) is 4.90 Å². The molecular weight excluding hydrogens is 241 g/mol. The van der Waals surface area contributed by atoms with Crippen LogP contribution in [0.15, 0.2) is 18.2 Å². The molecule has 2 rings (SSSR count). The van der Waals surface area contributed by atoms with Gasteiger partial charge in [-0.05, 0) is 56.0 Å².